The lowest BCUT2D eigenvalue weighted by Gasteiger charge is -2.09. The van der Waals surface area contributed by atoms with Crippen molar-refractivity contribution in [2.75, 3.05) is 16.4 Å². The molecule has 4 N–H and O–H groups in total. The number of thiophene rings is 1. The van der Waals surface area contributed by atoms with Gasteiger partial charge < -0.3 is 16.4 Å². The Morgan fingerprint density at radius 2 is 2.21 bits per heavy atom. The number of nitrogen functional groups attached to an aromatic ring is 1. The third-order valence-corrected chi connectivity index (χ3v) is 3.44. The van der Waals surface area contributed by atoms with Gasteiger partial charge >= 0.3 is 0 Å². The van der Waals surface area contributed by atoms with Crippen LogP contribution in [0.15, 0.2) is 29.6 Å². The Kier molecular flexibility index (Phi) is 4.01. The monoisotopic (exact) mass is 279 g/mol. The largest absolute Gasteiger partial charge is 0.398 e. The summed E-state index contributed by atoms with van der Waals surface area (Å²) < 4.78 is 13.6. The van der Waals surface area contributed by atoms with Crippen molar-refractivity contribution < 1.29 is 9.18 Å². The summed E-state index contributed by atoms with van der Waals surface area (Å²) in [5.41, 5.74) is 7.33. The molecule has 0 aliphatic rings. The molecule has 1 aromatic heterocycles. The highest BCUT2D eigenvalue weighted by Crippen LogP contribution is 2.23. The van der Waals surface area contributed by atoms with Gasteiger partial charge in [0.1, 0.15) is 5.82 Å². The molecule has 100 valence electrons. The van der Waals surface area contributed by atoms with Gasteiger partial charge in [-0.1, -0.05) is 0 Å². The van der Waals surface area contributed by atoms with Gasteiger partial charge in [0.05, 0.1) is 12.2 Å². The average molecular weight is 279 g/mol. The van der Waals surface area contributed by atoms with Gasteiger partial charge in [-0.2, -0.15) is 0 Å². The van der Waals surface area contributed by atoms with Gasteiger partial charge in [-0.05, 0) is 29.6 Å². The quantitative estimate of drug-likeness (QED) is 0.806. The van der Waals surface area contributed by atoms with Crippen molar-refractivity contribution in [2.45, 2.75) is 13.5 Å². The van der Waals surface area contributed by atoms with Crippen molar-refractivity contribution in [1.29, 1.82) is 0 Å². The Morgan fingerprint density at radius 3 is 2.84 bits per heavy atom. The number of rotatable bonds is 4. The molecule has 4 nitrogen and oxygen atoms in total. The summed E-state index contributed by atoms with van der Waals surface area (Å²) in [4.78, 5) is 11.9. The molecular formula is C13H14FN3OS. The van der Waals surface area contributed by atoms with Gasteiger partial charge in [-0.15, -0.1) is 11.3 Å². The van der Waals surface area contributed by atoms with Crippen LogP contribution in [-0.2, 0) is 11.3 Å². The number of benzene rings is 1. The molecule has 1 amide bonds. The molecule has 2 rings (SSSR count). The van der Waals surface area contributed by atoms with Crippen LogP contribution < -0.4 is 16.4 Å². The predicted molar refractivity (Wildman–Crippen MR) is 76.8 cm³/mol. The van der Waals surface area contributed by atoms with E-state index in [1.54, 1.807) is 6.07 Å². The van der Waals surface area contributed by atoms with Crippen LogP contribution in [0.1, 0.15) is 11.8 Å². The zero-order chi connectivity index (χ0) is 13.8. The molecule has 6 heteroatoms. The van der Waals surface area contributed by atoms with Crippen LogP contribution in [0.25, 0.3) is 0 Å². The zero-order valence-corrected chi connectivity index (χ0v) is 11.2. The summed E-state index contributed by atoms with van der Waals surface area (Å²) in [6.45, 7) is 1.85. The Labute approximate surface area is 114 Å². The van der Waals surface area contributed by atoms with Crippen LogP contribution in [0, 0.1) is 5.82 Å². The fourth-order valence-corrected chi connectivity index (χ4v) is 2.35. The number of carbonyl (C=O) groups is 1. The molecule has 0 saturated carbocycles. The van der Waals surface area contributed by atoms with Gasteiger partial charge in [0.25, 0.3) is 0 Å². The number of halogens is 1. The van der Waals surface area contributed by atoms with Crippen molar-refractivity contribution >= 4 is 34.3 Å². The molecule has 0 saturated heterocycles. The normalized spacial score (nSPS) is 10.2. The smallest absolute Gasteiger partial charge is 0.221 e. The van der Waals surface area contributed by atoms with Gasteiger partial charge in [-0.3, -0.25) is 4.79 Å². The highest BCUT2D eigenvalue weighted by atomic mass is 32.1. The minimum atomic E-state index is -0.371. The second-order valence-corrected chi connectivity index (χ2v) is 5.03. The fraction of sp³-hybridized carbons (Fsp3) is 0.154. The summed E-state index contributed by atoms with van der Waals surface area (Å²) in [7, 11) is 0. The molecule has 0 aliphatic heterocycles. The van der Waals surface area contributed by atoms with Crippen molar-refractivity contribution in [3.8, 4) is 0 Å². The molecule has 0 atom stereocenters. The lowest BCUT2D eigenvalue weighted by atomic mass is 10.2. The number of hydrogen-bond acceptors (Lipinski definition) is 4. The van der Waals surface area contributed by atoms with Crippen molar-refractivity contribution in [1.82, 2.24) is 0 Å². The van der Waals surface area contributed by atoms with Gasteiger partial charge in [-0.25, -0.2) is 4.39 Å². The fourth-order valence-electron chi connectivity index (χ4n) is 1.61. The molecule has 0 radical (unpaired) electrons. The van der Waals surface area contributed by atoms with Gasteiger partial charge in [0.15, 0.2) is 0 Å². The number of nitrogens with two attached hydrogens (primary N) is 1. The summed E-state index contributed by atoms with van der Waals surface area (Å²) >= 11 is 1.51. The molecule has 0 unspecified atom stereocenters. The van der Waals surface area contributed by atoms with Gasteiger partial charge in [0, 0.05) is 23.2 Å². The SMILES string of the molecule is CC(=O)Nc1ccc(F)c(NCc2sccc2N)c1. The third-order valence-electron chi connectivity index (χ3n) is 2.51. The number of nitrogens with one attached hydrogen (secondary N) is 2. The van der Waals surface area contributed by atoms with E-state index < -0.39 is 0 Å². The summed E-state index contributed by atoms with van der Waals surface area (Å²) in [5.74, 6) is -0.565. The maximum absolute atomic E-state index is 13.6. The highest BCUT2D eigenvalue weighted by molar-refractivity contribution is 7.10. The Balaban J connectivity index is 2.11. The van der Waals surface area contributed by atoms with E-state index in [1.165, 1.54) is 30.4 Å². The van der Waals surface area contributed by atoms with Crippen LogP contribution >= 0.6 is 11.3 Å². The molecule has 19 heavy (non-hydrogen) atoms. The molecule has 0 aliphatic carbocycles. The number of carbonyl (C=O) groups excluding carboxylic acids is 1. The first kappa shape index (κ1) is 13.4. The van der Waals surface area contributed by atoms with Crippen molar-refractivity contribution in [3.63, 3.8) is 0 Å². The molecule has 2 aromatic rings. The van der Waals surface area contributed by atoms with E-state index in [1.807, 2.05) is 11.4 Å². The Morgan fingerprint density at radius 1 is 1.42 bits per heavy atom. The van der Waals surface area contributed by atoms with E-state index in [0.29, 0.717) is 23.6 Å². The molecule has 1 aromatic carbocycles. The molecule has 1 heterocycles. The minimum absolute atomic E-state index is 0.194. The lowest BCUT2D eigenvalue weighted by molar-refractivity contribution is -0.114. The van der Waals surface area contributed by atoms with Crippen molar-refractivity contribution in [2.24, 2.45) is 0 Å². The molecule has 0 bridgehead atoms. The average Bonchev–Trinajstić information content (AvgIpc) is 2.75. The molecule has 0 fully saturated rings. The second-order valence-electron chi connectivity index (χ2n) is 4.03. The maximum atomic E-state index is 13.6. The van der Waals surface area contributed by atoms with E-state index in [2.05, 4.69) is 10.6 Å². The van der Waals surface area contributed by atoms with E-state index >= 15 is 0 Å². The van der Waals surface area contributed by atoms with Crippen LogP contribution in [0.3, 0.4) is 0 Å². The summed E-state index contributed by atoms with van der Waals surface area (Å²) in [6.07, 6.45) is 0. The molecule has 0 spiro atoms. The van der Waals surface area contributed by atoms with Crippen LogP contribution in [0.4, 0.5) is 21.5 Å². The second kappa shape index (κ2) is 5.71. The van der Waals surface area contributed by atoms with E-state index in [0.717, 1.165) is 4.88 Å². The highest BCUT2D eigenvalue weighted by Gasteiger charge is 2.06. The van der Waals surface area contributed by atoms with Gasteiger partial charge in [0.2, 0.25) is 5.91 Å². The van der Waals surface area contributed by atoms with Crippen LogP contribution in [-0.4, -0.2) is 5.91 Å². The van der Waals surface area contributed by atoms with E-state index in [4.69, 9.17) is 5.73 Å². The Bertz CT molecular complexity index is 597. The minimum Gasteiger partial charge on any atom is -0.398 e. The van der Waals surface area contributed by atoms with Crippen molar-refractivity contribution in [3.05, 3.63) is 40.3 Å². The Hall–Kier alpha value is -2.08. The first-order valence-corrected chi connectivity index (χ1v) is 6.57. The van der Waals surface area contributed by atoms with Crippen LogP contribution in [0.5, 0.6) is 0 Å². The third kappa shape index (κ3) is 3.45. The first-order valence-electron chi connectivity index (χ1n) is 5.69. The summed E-state index contributed by atoms with van der Waals surface area (Å²) in [6, 6.07) is 6.19. The van der Waals surface area contributed by atoms with Crippen LogP contribution in [0.2, 0.25) is 0 Å². The summed E-state index contributed by atoms with van der Waals surface area (Å²) in [5, 5.41) is 7.47. The topological polar surface area (TPSA) is 67.2 Å². The molecular weight excluding hydrogens is 265 g/mol. The maximum Gasteiger partial charge on any atom is 0.221 e. The lowest BCUT2D eigenvalue weighted by Crippen LogP contribution is -2.07. The number of hydrogen-bond donors (Lipinski definition) is 3. The number of anilines is 3. The predicted octanol–water partition coefficient (Wildman–Crippen LogP) is 3.04. The number of amides is 1. The first-order chi connectivity index (χ1) is 9.06. The van der Waals surface area contributed by atoms with E-state index in [-0.39, 0.29) is 11.7 Å². The van der Waals surface area contributed by atoms with E-state index in [9.17, 15) is 9.18 Å². The zero-order valence-electron chi connectivity index (χ0n) is 10.4. The standard InChI is InChI=1S/C13H14FN3OS/c1-8(18)17-9-2-3-10(14)12(6-9)16-7-13-11(15)4-5-19-13/h2-6,16H,7,15H2,1H3,(H,17,18).